The molecule has 3 aromatic rings. The number of halogens is 7. The fraction of sp³-hybridized carbons (Fsp3) is 0.296. The number of hydrogen-bond acceptors (Lipinski definition) is 2. The maximum Gasteiger partial charge on any atom is 0.416 e. The third kappa shape index (κ3) is 5.56. The predicted octanol–water partition coefficient (Wildman–Crippen LogP) is 6.42. The Kier molecular flexibility index (Phi) is 7.31. The summed E-state index contributed by atoms with van der Waals surface area (Å²) < 4.78 is 102. The van der Waals surface area contributed by atoms with Gasteiger partial charge in [0.15, 0.2) is 11.6 Å². The van der Waals surface area contributed by atoms with Crippen LogP contribution in [-0.4, -0.2) is 31.7 Å². The molecule has 38 heavy (non-hydrogen) atoms. The molecule has 1 saturated carbocycles. The smallest absolute Gasteiger partial charge is 0.416 e. The monoisotopic (exact) mass is 540 g/mol. The van der Waals surface area contributed by atoms with Gasteiger partial charge in [-0.15, -0.1) is 0 Å². The standard InChI is InChI=1S/C27H23F7N2O2/c1-38-23-12-17(7-8-22(23)29)26(16-5-3-2-4-6-16,15-35-24(37)36-21-13-25(30,31)14-21)18-9-19(27(32,33)34)11-20(28)10-18/h2-12,21H,13-15H2,1H3,(H2,35,36,37). The zero-order valence-electron chi connectivity index (χ0n) is 20.0. The summed E-state index contributed by atoms with van der Waals surface area (Å²) in [5.74, 6) is -5.03. The highest BCUT2D eigenvalue weighted by molar-refractivity contribution is 5.75. The zero-order valence-corrected chi connectivity index (χ0v) is 20.0. The minimum atomic E-state index is -4.89. The molecule has 4 nitrogen and oxygen atoms in total. The van der Waals surface area contributed by atoms with Crippen molar-refractivity contribution in [3.8, 4) is 5.75 Å². The van der Waals surface area contributed by atoms with Crippen LogP contribution in [0, 0.1) is 11.6 Å². The summed E-state index contributed by atoms with van der Waals surface area (Å²) in [5, 5.41) is 4.95. The lowest BCUT2D eigenvalue weighted by molar-refractivity contribution is -0.137. The van der Waals surface area contributed by atoms with Crippen molar-refractivity contribution in [1.82, 2.24) is 10.6 Å². The molecule has 1 atom stereocenters. The van der Waals surface area contributed by atoms with Gasteiger partial charge in [0.25, 0.3) is 5.92 Å². The number of benzene rings is 3. The minimum Gasteiger partial charge on any atom is -0.494 e. The highest BCUT2D eigenvalue weighted by Gasteiger charge is 2.46. The van der Waals surface area contributed by atoms with Gasteiger partial charge in [-0.2, -0.15) is 13.2 Å². The van der Waals surface area contributed by atoms with E-state index in [9.17, 15) is 35.5 Å². The third-order valence-corrected chi connectivity index (χ3v) is 6.57. The normalized spacial score (nSPS) is 16.7. The Labute approximate surface area is 213 Å². The van der Waals surface area contributed by atoms with Gasteiger partial charge in [-0.25, -0.2) is 22.4 Å². The molecule has 0 aromatic heterocycles. The Hall–Kier alpha value is -3.76. The summed E-state index contributed by atoms with van der Waals surface area (Å²) >= 11 is 0. The lowest BCUT2D eigenvalue weighted by Crippen LogP contribution is -2.54. The van der Waals surface area contributed by atoms with Crippen molar-refractivity contribution in [2.45, 2.75) is 36.4 Å². The van der Waals surface area contributed by atoms with Crippen molar-refractivity contribution in [3.05, 3.63) is 101 Å². The number of methoxy groups -OCH3 is 1. The van der Waals surface area contributed by atoms with Gasteiger partial charge in [0.1, 0.15) is 5.82 Å². The molecular weight excluding hydrogens is 517 g/mol. The summed E-state index contributed by atoms with van der Waals surface area (Å²) in [5.41, 5.74) is -2.58. The Bertz CT molecular complexity index is 1310. The fourth-order valence-electron chi connectivity index (χ4n) is 4.67. The Morgan fingerprint density at radius 2 is 1.58 bits per heavy atom. The van der Waals surface area contributed by atoms with Gasteiger partial charge >= 0.3 is 12.2 Å². The lowest BCUT2D eigenvalue weighted by atomic mass is 9.69. The highest BCUT2D eigenvalue weighted by Crippen LogP contribution is 2.43. The topological polar surface area (TPSA) is 50.4 Å². The van der Waals surface area contributed by atoms with Gasteiger partial charge in [-0.3, -0.25) is 0 Å². The second-order valence-corrected chi connectivity index (χ2v) is 9.14. The number of alkyl halides is 5. The van der Waals surface area contributed by atoms with E-state index < -0.39 is 66.2 Å². The van der Waals surface area contributed by atoms with Crippen LogP contribution in [0.15, 0.2) is 66.7 Å². The van der Waals surface area contributed by atoms with E-state index in [4.69, 9.17) is 4.74 Å². The summed E-state index contributed by atoms with van der Waals surface area (Å²) in [6.45, 7) is -0.429. The number of urea groups is 1. The fourth-order valence-corrected chi connectivity index (χ4v) is 4.67. The second-order valence-electron chi connectivity index (χ2n) is 9.14. The summed E-state index contributed by atoms with van der Waals surface area (Å²) in [7, 11) is 1.20. The molecule has 0 radical (unpaired) electrons. The molecule has 0 bridgehead atoms. The molecule has 4 rings (SSSR count). The first-order valence-electron chi connectivity index (χ1n) is 11.5. The molecule has 11 heteroatoms. The first-order valence-corrected chi connectivity index (χ1v) is 11.5. The molecule has 2 N–H and O–H groups in total. The zero-order chi connectivity index (χ0) is 27.7. The van der Waals surface area contributed by atoms with Gasteiger partial charge in [-0.05, 0) is 47.0 Å². The van der Waals surface area contributed by atoms with E-state index in [1.165, 1.54) is 19.2 Å². The van der Waals surface area contributed by atoms with Crippen molar-refractivity contribution < 1.29 is 40.3 Å². The first kappa shape index (κ1) is 27.3. The number of nitrogens with one attached hydrogen (secondary N) is 2. The van der Waals surface area contributed by atoms with Crippen LogP contribution in [0.5, 0.6) is 5.75 Å². The second kappa shape index (κ2) is 10.2. The van der Waals surface area contributed by atoms with E-state index in [2.05, 4.69) is 10.6 Å². The Morgan fingerprint density at radius 1 is 0.921 bits per heavy atom. The van der Waals surface area contributed by atoms with E-state index in [1.807, 2.05) is 0 Å². The summed E-state index contributed by atoms with van der Waals surface area (Å²) in [6, 6.07) is 12.0. The molecule has 1 unspecified atom stereocenters. The maximum atomic E-state index is 14.7. The molecule has 0 heterocycles. The number of hydrogen-bond donors (Lipinski definition) is 2. The molecule has 0 aliphatic heterocycles. The van der Waals surface area contributed by atoms with Crippen molar-refractivity contribution in [2.24, 2.45) is 0 Å². The first-order chi connectivity index (χ1) is 17.8. The van der Waals surface area contributed by atoms with Crippen LogP contribution in [-0.2, 0) is 11.6 Å². The van der Waals surface area contributed by atoms with E-state index in [-0.39, 0.29) is 16.9 Å². The molecule has 1 fully saturated rings. The average molecular weight is 540 g/mol. The van der Waals surface area contributed by atoms with Crippen LogP contribution in [0.1, 0.15) is 35.1 Å². The molecule has 2 amide bonds. The number of amides is 2. The van der Waals surface area contributed by atoms with Crippen LogP contribution in [0.4, 0.5) is 35.5 Å². The quantitative estimate of drug-likeness (QED) is 0.268. The van der Waals surface area contributed by atoms with Crippen LogP contribution < -0.4 is 15.4 Å². The molecule has 3 aromatic carbocycles. The maximum absolute atomic E-state index is 14.7. The van der Waals surface area contributed by atoms with E-state index in [1.54, 1.807) is 30.3 Å². The lowest BCUT2D eigenvalue weighted by Gasteiger charge is -2.38. The van der Waals surface area contributed by atoms with Gasteiger partial charge in [0.05, 0.1) is 18.1 Å². The molecule has 1 aliphatic carbocycles. The number of rotatable bonds is 7. The van der Waals surface area contributed by atoms with E-state index in [0.717, 1.165) is 18.2 Å². The molecular formula is C27H23F7N2O2. The predicted molar refractivity (Wildman–Crippen MR) is 125 cm³/mol. The van der Waals surface area contributed by atoms with Gasteiger partial charge < -0.3 is 15.4 Å². The largest absolute Gasteiger partial charge is 0.494 e. The van der Waals surface area contributed by atoms with Crippen LogP contribution >= 0.6 is 0 Å². The van der Waals surface area contributed by atoms with Crippen molar-refractivity contribution >= 4 is 6.03 Å². The molecule has 202 valence electrons. The number of carbonyl (C=O) groups is 1. The molecule has 1 aliphatic rings. The van der Waals surface area contributed by atoms with Gasteiger partial charge in [0.2, 0.25) is 0 Å². The minimum absolute atomic E-state index is 0.180. The average Bonchev–Trinajstić information content (AvgIpc) is 2.84. The SMILES string of the molecule is COc1cc(C(CNC(=O)NC2CC(F)(F)C2)(c2ccccc2)c2cc(F)cc(C(F)(F)F)c2)ccc1F. The van der Waals surface area contributed by atoms with Crippen LogP contribution in [0.2, 0.25) is 0 Å². The van der Waals surface area contributed by atoms with Gasteiger partial charge in [0, 0.05) is 25.4 Å². The summed E-state index contributed by atoms with van der Waals surface area (Å²) in [4.78, 5) is 12.7. The Balaban J connectivity index is 1.87. The van der Waals surface area contributed by atoms with Crippen molar-refractivity contribution in [3.63, 3.8) is 0 Å². The van der Waals surface area contributed by atoms with Crippen molar-refractivity contribution in [1.29, 1.82) is 0 Å². The molecule has 0 spiro atoms. The third-order valence-electron chi connectivity index (χ3n) is 6.57. The Morgan fingerprint density at radius 3 is 2.18 bits per heavy atom. The number of ether oxygens (including phenoxy) is 1. The van der Waals surface area contributed by atoms with E-state index in [0.29, 0.717) is 11.6 Å². The molecule has 0 saturated heterocycles. The highest BCUT2D eigenvalue weighted by atomic mass is 19.4. The van der Waals surface area contributed by atoms with E-state index >= 15 is 0 Å². The summed E-state index contributed by atoms with van der Waals surface area (Å²) in [6.07, 6.45) is -5.98. The number of carbonyl (C=O) groups excluding carboxylic acids is 1. The van der Waals surface area contributed by atoms with Crippen molar-refractivity contribution in [2.75, 3.05) is 13.7 Å². The van der Waals surface area contributed by atoms with Crippen LogP contribution in [0.3, 0.4) is 0 Å². The van der Waals surface area contributed by atoms with Gasteiger partial charge in [-0.1, -0.05) is 36.4 Å². The van der Waals surface area contributed by atoms with Crippen LogP contribution in [0.25, 0.3) is 0 Å².